The van der Waals surface area contributed by atoms with E-state index >= 15 is 0 Å². The fourth-order valence-corrected chi connectivity index (χ4v) is 3.97. The third kappa shape index (κ3) is 2.36. The molecule has 0 saturated heterocycles. The van der Waals surface area contributed by atoms with Gasteiger partial charge < -0.3 is 0 Å². The Morgan fingerprint density at radius 1 is 1.06 bits per heavy atom. The molecule has 0 amide bonds. The Kier molecular flexibility index (Phi) is 4.10. The van der Waals surface area contributed by atoms with Gasteiger partial charge in [0.1, 0.15) is 0 Å². The molecular weight excluding hydrogens is 247 g/mol. The van der Waals surface area contributed by atoms with E-state index in [1.165, 1.54) is 18.9 Å². The molecule has 0 spiro atoms. The van der Waals surface area contributed by atoms with Gasteiger partial charge in [-0.2, -0.15) is 11.8 Å². The molecule has 16 heavy (non-hydrogen) atoms. The number of hydrogen-bond acceptors (Lipinski definition) is 2. The first kappa shape index (κ1) is 12.2. The van der Waals surface area contributed by atoms with Crippen LogP contribution in [-0.2, 0) is 0 Å². The summed E-state index contributed by atoms with van der Waals surface area (Å²) in [5.74, 6) is 2.12. The SMILES string of the molecule is C1#S/C(=c2/cc/c(=C3\C=C[CH-]S3)s2)C=C1.[Li+]. The zero-order valence-corrected chi connectivity index (χ0v) is 11.2. The summed E-state index contributed by atoms with van der Waals surface area (Å²) < 4.78 is 2.69. The van der Waals surface area contributed by atoms with Crippen LogP contribution in [-0.4, -0.2) is 0 Å². The van der Waals surface area contributed by atoms with Crippen molar-refractivity contribution in [1.82, 2.24) is 0 Å². The van der Waals surface area contributed by atoms with Crippen LogP contribution in [0.3, 0.4) is 0 Å². The maximum atomic E-state index is 3.12. The minimum atomic E-state index is 0. The summed E-state index contributed by atoms with van der Waals surface area (Å²) >= 11 is 5.32. The molecule has 0 aromatic carbocycles. The van der Waals surface area contributed by atoms with Gasteiger partial charge in [0.05, 0.1) is 4.91 Å². The molecule has 3 rings (SSSR count). The molecule has 0 bridgehead atoms. The monoisotopic (exact) mass is 254 g/mol. The number of rotatable bonds is 0. The van der Waals surface area contributed by atoms with Crippen molar-refractivity contribution in [3.63, 3.8) is 0 Å². The smallest absolute Gasteiger partial charge is 0.218 e. The molecule has 0 fully saturated rings. The molecule has 4 heteroatoms. The first-order valence-corrected chi connectivity index (χ1v) is 7.05. The van der Waals surface area contributed by atoms with Crippen LogP contribution in [0.15, 0.2) is 36.4 Å². The first-order valence-electron chi connectivity index (χ1n) is 4.53. The minimum absolute atomic E-state index is 0. The molecule has 0 nitrogen and oxygen atoms in total. The average molecular weight is 254 g/mol. The average Bonchev–Trinajstić information content (AvgIpc) is 3.02. The molecule has 0 aliphatic carbocycles. The van der Waals surface area contributed by atoms with Crippen LogP contribution in [0.1, 0.15) is 0 Å². The van der Waals surface area contributed by atoms with E-state index in [1.807, 2.05) is 17.4 Å². The second-order valence-corrected chi connectivity index (χ2v) is 5.97. The van der Waals surface area contributed by atoms with Crippen molar-refractivity contribution < 1.29 is 18.9 Å². The fourth-order valence-electron chi connectivity index (χ4n) is 1.40. The maximum absolute atomic E-state index is 3.12. The van der Waals surface area contributed by atoms with E-state index in [9.17, 15) is 0 Å². The Labute approximate surface area is 119 Å². The summed E-state index contributed by atoms with van der Waals surface area (Å²) in [6, 6.07) is 4.39. The normalized spacial score (nSPS) is 23.0. The van der Waals surface area contributed by atoms with Gasteiger partial charge in [0, 0.05) is 9.06 Å². The summed E-state index contributed by atoms with van der Waals surface area (Å²) in [6.45, 7) is 0. The minimum Gasteiger partial charge on any atom is -0.218 e. The second kappa shape index (κ2) is 5.38. The number of thioether (sulfide) groups is 1. The van der Waals surface area contributed by atoms with E-state index in [0.717, 1.165) is 0 Å². The third-order valence-electron chi connectivity index (χ3n) is 2.08. The molecule has 0 unspecified atom stereocenters. The third-order valence-corrected chi connectivity index (χ3v) is 5.23. The topological polar surface area (TPSA) is 0 Å². The van der Waals surface area contributed by atoms with Crippen molar-refractivity contribution in [3.8, 4) is 5.18 Å². The fraction of sp³-hybridized carbons (Fsp3) is 0. The molecule has 2 aliphatic heterocycles. The van der Waals surface area contributed by atoms with Crippen molar-refractivity contribution in [3.05, 3.63) is 51.3 Å². The number of allylic oxidation sites excluding steroid dienone is 1. The molecule has 1 aromatic rings. The van der Waals surface area contributed by atoms with Crippen LogP contribution in [0.25, 0.3) is 9.81 Å². The predicted octanol–water partition coefficient (Wildman–Crippen LogP) is -0.305. The van der Waals surface area contributed by atoms with Crippen LogP contribution in [0.4, 0.5) is 0 Å². The van der Waals surface area contributed by atoms with Gasteiger partial charge in [-0.05, 0) is 24.3 Å². The van der Waals surface area contributed by atoms with Crippen molar-refractivity contribution >= 4 is 44.1 Å². The van der Waals surface area contributed by atoms with Gasteiger partial charge in [-0.1, -0.05) is 21.3 Å². The summed E-state index contributed by atoms with van der Waals surface area (Å²) in [4.78, 5) is 2.66. The Balaban J connectivity index is 0.000000963. The van der Waals surface area contributed by atoms with E-state index in [1.54, 1.807) is 22.9 Å². The molecule has 0 N–H and O–H groups in total. The Morgan fingerprint density at radius 3 is 2.50 bits per heavy atom. The van der Waals surface area contributed by atoms with Gasteiger partial charge >= 0.3 is 18.9 Å². The molecule has 0 atom stereocenters. The van der Waals surface area contributed by atoms with Gasteiger partial charge in [-0.15, -0.1) is 11.3 Å². The van der Waals surface area contributed by atoms with Crippen LogP contribution in [0, 0.1) is 10.9 Å². The molecule has 2 aliphatic rings. The molecule has 0 radical (unpaired) electrons. The van der Waals surface area contributed by atoms with Crippen molar-refractivity contribution in [1.29, 1.82) is 0 Å². The molecule has 0 saturated carbocycles. The second-order valence-electron chi connectivity index (χ2n) is 3.06. The van der Waals surface area contributed by atoms with E-state index in [-0.39, 0.29) is 18.9 Å². The maximum Gasteiger partial charge on any atom is 1.00 e. The summed E-state index contributed by atoms with van der Waals surface area (Å²) in [7, 11) is 0. The van der Waals surface area contributed by atoms with Gasteiger partial charge in [0.2, 0.25) is 0 Å². The van der Waals surface area contributed by atoms with Crippen LogP contribution >= 0.6 is 34.3 Å². The molecule has 1 aromatic heterocycles. The van der Waals surface area contributed by atoms with Gasteiger partial charge in [0.25, 0.3) is 0 Å². The van der Waals surface area contributed by atoms with Crippen LogP contribution in [0.5, 0.6) is 0 Å². The first-order chi connectivity index (χ1) is 7.43. The number of hydrogen-bond donors (Lipinski definition) is 0. The van der Waals surface area contributed by atoms with E-state index in [0.29, 0.717) is 0 Å². The molecule has 74 valence electrons. The Hall–Kier alpha value is -0.263. The summed E-state index contributed by atoms with van der Waals surface area (Å²) in [6.07, 6.45) is 8.36. The Morgan fingerprint density at radius 2 is 1.88 bits per heavy atom. The van der Waals surface area contributed by atoms with Crippen LogP contribution < -0.4 is 27.9 Å². The van der Waals surface area contributed by atoms with Gasteiger partial charge in [-0.25, -0.2) is 17.8 Å². The van der Waals surface area contributed by atoms with E-state index in [2.05, 4.69) is 41.3 Å². The van der Waals surface area contributed by atoms with Crippen molar-refractivity contribution in [2.75, 3.05) is 0 Å². The standard InChI is InChI=1S/C12H7S3.Li/c1-3-9(13-7-1)11-5-6-12(15-11)10-4-2-8-14-10;/h1-7H;/q-1;+1/b11-9-,12-10-;. The molecule has 3 heterocycles. The predicted molar refractivity (Wildman–Crippen MR) is 72.0 cm³/mol. The number of thiophene rings is 1. The van der Waals surface area contributed by atoms with Gasteiger partial charge in [-0.3, -0.25) is 0 Å². The van der Waals surface area contributed by atoms with Crippen molar-refractivity contribution in [2.45, 2.75) is 0 Å². The molecular formula is C12H7LiS3. The largest absolute Gasteiger partial charge is 1.00 e. The van der Waals surface area contributed by atoms with Crippen LogP contribution in [0.2, 0.25) is 0 Å². The zero-order chi connectivity index (χ0) is 10.1. The summed E-state index contributed by atoms with van der Waals surface area (Å²) in [5.41, 5.74) is 0. The Bertz CT molecular complexity index is 638. The quantitative estimate of drug-likeness (QED) is 0.452. The van der Waals surface area contributed by atoms with E-state index < -0.39 is 0 Å². The van der Waals surface area contributed by atoms with Crippen molar-refractivity contribution in [2.24, 2.45) is 0 Å². The summed E-state index contributed by atoms with van der Waals surface area (Å²) in [5, 5.41) is 3.12. The van der Waals surface area contributed by atoms with E-state index in [4.69, 9.17) is 0 Å². The zero-order valence-electron chi connectivity index (χ0n) is 8.77. The van der Waals surface area contributed by atoms with Gasteiger partial charge in [0.15, 0.2) is 0 Å².